The van der Waals surface area contributed by atoms with Crippen LogP contribution in [0.3, 0.4) is 0 Å². The van der Waals surface area contributed by atoms with Crippen molar-refractivity contribution in [1.29, 1.82) is 0 Å². The van der Waals surface area contributed by atoms with Gasteiger partial charge in [-0.15, -0.1) is 5.10 Å². The van der Waals surface area contributed by atoms with Gasteiger partial charge in [0.1, 0.15) is 5.75 Å². The summed E-state index contributed by atoms with van der Waals surface area (Å²) in [5.74, 6) is -1.19. The summed E-state index contributed by atoms with van der Waals surface area (Å²) in [7, 11) is -3.45. The summed E-state index contributed by atoms with van der Waals surface area (Å²) in [6, 6.07) is 10.6. The van der Waals surface area contributed by atoms with Crippen molar-refractivity contribution < 1.29 is 26.3 Å². The Kier molecular flexibility index (Phi) is 4.87. The van der Waals surface area contributed by atoms with E-state index >= 15 is 0 Å². The van der Waals surface area contributed by atoms with Crippen LogP contribution in [0.4, 0.5) is 13.2 Å². The van der Waals surface area contributed by atoms with Crippen molar-refractivity contribution in [3.63, 3.8) is 0 Å². The van der Waals surface area contributed by atoms with E-state index < -0.39 is 27.8 Å². The summed E-state index contributed by atoms with van der Waals surface area (Å²) < 4.78 is 68.4. The highest BCUT2D eigenvalue weighted by atomic mass is 35.5. The van der Waals surface area contributed by atoms with Crippen molar-refractivity contribution in [2.75, 3.05) is 6.26 Å². The van der Waals surface area contributed by atoms with Crippen LogP contribution in [0.5, 0.6) is 11.8 Å². The number of hydrogen-bond acceptors (Lipinski definition) is 5. The predicted octanol–water partition coefficient (Wildman–Crippen LogP) is 4.14. The molecular weight excluding hydrogens is 407 g/mol. The normalized spacial score (nSPS) is 12.2. The number of aromatic nitrogens is 3. The van der Waals surface area contributed by atoms with Crippen LogP contribution < -0.4 is 4.74 Å². The number of benzene rings is 2. The highest BCUT2D eigenvalue weighted by Gasteiger charge is 2.38. The van der Waals surface area contributed by atoms with Crippen molar-refractivity contribution >= 4 is 21.4 Å². The van der Waals surface area contributed by atoms with Crippen LogP contribution in [-0.4, -0.2) is 29.4 Å². The third kappa shape index (κ3) is 4.40. The average molecular weight is 418 g/mol. The molecule has 0 bridgehead atoms. The molecule has 0 radical (unpaired) electrons. The van der Waals surface area contributed by atoms with Gasteiger partial charge in [0.2, 0.25) is 0 Å². The second-order valence-corrected chi connectivity index (χ2v) is 7.90. The Morgan fingerprint density at radius 1 is 1.04 bits per heavy atom. The minimum Gasteiger partial charge on any atom is -0.424 e. The molecule has 0 amide bonds. The van der Waals surface area contributed by atoms with E-state index in [1.54, 1.807) is 0 Å². The quantitative estimate of drug-likeness (QED) is 0.638. The van der Waals surface area contributed by atoms with Gasteiger partial charge in [-0.3, -0.25) is 0 Å². The topological polar surface area (TPSA) is 74.1 Å². The first kappa shape index (κ1) is 19.2. The Morgan fingerprint density at radius 3 is 2.15 bits per heavy atom. The third-order valence-electron chi connectivity index (χ3n) is 3.36. The third-order valence-corrected chi connectivity index (χ3v) is 4.74. The monoisotopic (exact) mass is 417 g/mol. The molecule has 2 aromatic carbocycles. The van der Waals surface area contributed by atoms with Crippen molar-refractivity contribution in [3.8, 4) is 17.4 Å². The molecule has 3 rings (SSSR count). The van der Waals surface area contributed by atoms with Crippen LogP contribution >= 0.6 is 11.6 Å². The SMILES string of the molecule is CS(=O)(=O)c1ccc(-n2nc(C(F)(F)F)nc2Oc2ccc(Cl)cc2)cc1. The van der Waals surface area contributed by atoms with Gasteiger partial charge in [-0.25, -0.2) is 8.42 Å². The zero-order chi connectivity index (χ0) is 19.8. The molecule has 0 spiro atoms. The van der Waals surface area contributed by atoms with E-state index in [2.05, 4.69) is 10.1 Å². The number of alkyl halides is 3. The van der Waals surface area contributed by atoms with E-state index in [0.717, 1.165) is 10.9 Å². The molecule has 27 heavy (non-hydrogen) atoms. The second kappa shape index (κ2) is 6.86. The van der Waals surface area contributed by atoms with E-state index in [4.69, 9.17) is 16.3 Å². The first-order valence-electron chi connectivity index (χ1n) is 7.32. The number of ether oxygens (including phenoxy) is 1. The van der Waals surface area contributed by atoms with Crippen molar-refractivity contribution in [3.05, 3.63) is 59.4 Å². The molecule has 142 valence electrons. The molecular formula is C16H11ClF3N3O3S. The van der Waals surface area contributed by atoms with Crippen molar-refractivity contribution in [2.24, 2.45) is 0 Å². The Labute approximate surface area is 157 Å². The van der Waals surface area contributed by atoms with Crippen LogP contribution in [0.1, 0.15) is 5.82 Å². The van der Waals surface area contributed by atoms with Gasteiger partial charge in [-0.05, 0) is 48.5 Å². The molecule has 0 aliphatic carbocycles. The highest BCUT2D eigenvalue weighted by molar-refractivity contribution is 7.90. The van der Waals surface area contributed by atoms with Gasteiger partial charge < -0.3 is 4.74 Å². The Bertz CT molecular complexity index is 1060. The maximum Gasteiger partial charge on any atom is 0.453 e. The summed E-state index contributed by atoms with van der Waals surface area (Å²) in [4.78, 5) is 3.42. The van der Waals surface area contributed by atoms with E-state index in [1.807, 2.05) is 0 Å². The number of rotatable bonds is 4. The van der Waals surface area contributed by atoms with Gasteiger partial charge in [0.05, 0.1) is 10.6 Å². The zero-order valence-electron chi connectivity index (χ0n) is 13.6. The molecule has 0 saturated heterocycles. The fraction of sp³-hybridized carbons (Fsp3) is 0.125. The number of hydrogen-bond donors (Lipinski definition) is 0. The van der Waals surface area contributed by atoms with Gasteiger partial charge in [-0.1, -0.05) is 11.6 Å². The lowest BCUT2D eigenvalue weighted by molar-refractivity contribution is -0.144. The van der Waals surface area contributed by atoms with E-state index in [1.165, 1.54) is 48.5 Å². The van der Waals surface area contributed by atoms with Crippen molar-refractivity contribution in [1.82, 2.24) is 14.8 Å². The molecule has 1 aromatic heterocycles. The van der Waals surface area contributed by atoms with Gasteiger partial charge >= 0.3 is 12.2 Å². The lowest BCUT2D eigenvalue weighted by Gasteiger charge is -2.08. The smallest absolute Gasteiger partial charge is 0.424 e. The molecule has 0 atom stereocenters. The van der Waals surface area contributed by atoms with E-state index in [0.29, 0.717) is 5.02 Å². The van der Waals surface area contributed by atoms with Crippen molar-refractivity contribution in [2.45, 2.75) is 11.1 Å². The second-order valence-electron chi connectivity index (χ2n) is 5.45. The minimum absolute atomic E-state index is 0.0163. The standard InChI is InChI=1S/C16H11ClF3N3O3S/c1-27(24,25)13-8-4-11(5-9-13)23-15(21-14(22-23)16(18,19)20)26-12-6-2-10(17)3-7-12/h2-9H,1H3. The van der Waals surface area contributed by atoms with Crippen LogP contribution in [0.15, 0.2) is 53.4 Å². The zero-order valence-corrected chi connectivity index (χ0v) is 15.2. The number of halogens is 4. The van der Waals surface area contributed by atoms with E-state index in [9.17, 15) is 21.6 Å². The molecule has 0 unspecified atom stereocenters. The van der Waals surface area contributed by atoms with Gasteiger partial charge in [0.15, 0.2) is 9.84 Å². The van der Waals surface area contributed by atoms with Crippen LogP contribution in [-0.2, 0) is 16.0 Å². The summed E-state index contributed by atoms with van der Waals surface area (Å²) in [6.45, 7) is 0. The Hall–Kier alpha value is -2.59. The van der Waals surface area contributed by atoms with E-state index in [-0.39, 0.29) is 16.3 Å². The first-order valence-corrected chi connectivity index (χ1v) is 9.59. The number of sulfone groups is 1. The predicted molar refractivity (Wildman–Crippen MR) is 91.0 cm³/mol. The minimum atomic E-state index is -4.78. The summed E-state index contributed by atoms with van der Waals surface area (Å²) in [6.07, 6.45) is -3.76. The largest absolute Gasteiger partial charge is 0.453 e. The Morgan fingerprint density at radius 2 is 1.63 bits per heavy atom. The molecule has 0 aliphatic heterocycles. The Balaban J connectivity index is 2.05. The van der Waals surface area contributed by atoms with Gasteiger partial charge in [0.25, 0.3) is 5.82 Å². The molecule has 0 fully saturated rings. The maximum atomic E-state index is 13.0. The molecule has 6 nitrogen and oxygen atoms in total. The van der Waals surface area contributed by atoms with Crippen LogP contribution in [0.25, 0.3) is 5.69 Å². The summed E-state index contributed by atoms with van der Waals surface area (Å²) in [5, 5.41) is 3.86. The van der Waals surface area contributed by atoms with Gasteiger partial charge in [-0.2, -0.15) is 22.8 Å². The molecule has 11 heteroatoms. The fourth-order valence-corrected chi connectivity index (χ4v) is 2.85. The first-order chi connectivity index (χ1) is 12.5. The lowest BCUT2D eigenvalue weighted by Crippen LogP contribution is -2.08. The molecule has 1 heterocycles. The molecule has 0 N–H and O–H groups in total. The fourth-order valence-electron chi connectivity index (χ4n) is 2.09. The molecule has 3 aromatic rings. The highest BCUT2D eigenvalue weighted by Crippen LogP contribution is 2.31. The molecule has 0 saturated carbocycles. The average Bonchev–Trinajstić information content (AvgIpc) is 3.00. The van der Waals surface area contributed by atoms with Crippen LogP contribution in [0.2, 0.25) is 5.02 Å². The number of nitrogens with zero attached hydrogens (tertiary/aromatic N) is 3. The van der Waals surface area contributed by atoms with Gasteiger partial charge in [0, 0.05) is 11.3 Å². The lowest BCUT2D eigenvalue weighted by atomic mass is 10.3. The molecule has 0 aliphatic rings. The summed E-state index contributed by atoms with van der Waals surface area (Å²) >= 11 is 5.77. The summed E-state index contributed by atoms with van der Waals surface area (Å²) in [5.41, 5.74) is 0.148. The maximum absolute atomic E-state index is 13.0. The van der Waals surface area contributed by atoms with Crippen LogP contribution in [0, 0.1) is 0 Å².